The Morgan fingerprint density at radius 1 is 1.50 bits per heavy atom. The first kappa shape index (κ1) is 9.09. The van der Waals surface area contributed by atoms with Gasteiger partial charge in [0.05, 0.1) is 0 Å². The summed E-state index contributed by atoms with van der Waals surface area (Å²) in [4.78, 5) is 13.8. The highest BCUT2D eigenvalue weighted by molar-refractivity contribution is 6.31. The maximum absolute atomic E-state index is 10.8. The van der Waals surface area contributed by atoms with Crippen LogP contribution in [0.3, 0.4) is 0 Å². The molecule has 1 aromatic carbocycles. The van der Waals surface area contributed by atoms with Crippen molar-refractivity contribution in [2.45, 2.75) is 6.92 Å². The number of nitrogens with one attached hydrogen (secondary N) is 1. The second kappa shape index (κ2) is 3.35. The Balaban J connectivity index is 2.55. The summed E-state index contributed by atoms with van der Waals surface area (Å²) >= 11 is 5.83. The molecule has 1 N–H and O–H groups in total. The molecule has 14 heavy (non-hydrogen) atoms. The molecule has 0 aliphatic rings. The van der Waals surface area contributed by atoms with Crippen LogP contribution in [0.15, 0.2) is 24.4 Å². The average Bonchev–Trinajstić information content (AvgIpc) is 2.47. The molecule has 0 unspecified atom stereocenters. The molecular weight excluding hydrogens is 202 g/mol. The molecule has 0 saturated heterocycles. The van der Waals surface area contributed by atoms with E-state index in [1.54, 1.807) is 18.3 Å². The number of hydrogen-bond donors (Lipinski definition) is 1. The van der Waals surface area contributed by atoms with E-state index in [0.717, 1.165) is 10.9 Å². The van der Waals surface area contributed by atoms with Crippen LogP contribution in [-0.4, -0.2) is 11.0 Å². The first-order chi connectivity index (χ1) is 6.66. The summed E-state index contributed by atoms with van der Waals surface area (Å²) in [6.45, 7) is 1.36. The number of carbonyl (C=O) groups is 1. The van der Waals surface area contributed by atoms with Crippen molar-refractivity contribution in [2.75, 3.05) is 0 Å². The minimum atomic E-state index is -0.342. The lowest BCUT2D eigenvalue weighted by molar-refractivity contribution is -0.131. The van der Waals surface area contributed by atoms with Crippen molar-refractivity contribution in [2.24, 2.45) is 0 Å². The molecule has 3 nitrogen and oxygen atoms in total. The lowest BCUT2D eigenvalue weighted by Gasteiger charge is -1.98. The van der Waals surface area contributed by atoms with E-state index in [2.05, 4.69) is 4.98 Å². The maximum Gasteiger partial charge on any atom is 0.308 e. The molecule has 1 aromatic heterocycles. The Bertz CT molecular complexity index is 490. The zero-order chi connectivity index (χ0) is 10.1. The van der Waals surface area contributed by atoms with E-state index in [0.29, 0.717) is 10.8 Å². The van der Waals surface area contributed by atoms with E-state index >= 15 is 0 Å². The van der Waals surface area contributed by atoms with Gasteiger partial charge in [0, 0.05) is 29.0 Å². The van der Waals surface area contributed by atoms with Crippen molar-refractivity contribution in [3.05, 3.63) is 29.4 Å². The van der Waals surface area contributed by atoms with Gasteiger partial charge in [-0.25, -0.2) is 0 Å². The lowest BCUT2D eigenvalue weighted by Crippen LogP contribution is -2.00. The fourth-order valence-corrected chi connectivity index (χ4v) is 1.48. The predicted molar refractivity (Wildman–Crippen MR) is 54.6 cm³/mol. The Hall–Kier alpha value is -1.48. The van der Waals surface area contributed by atoms with Crippen molar-refractivity contribution in [3.8, 4) is 5.75 Å². The van der Waals surface area contributed by atoms with Gasteiger partial charge < -0.3 is 9.72 Å². The third-order valence-corrected chi connectivity index (χ3v) is 2.09. The fraction of sp³-hybridized carbons (Fsp3) is 0.100. The van der Waals surface area contributed by atoms with E-state index < -0.39 is 0 Å². The zero-order valence-corrected chi connectivity index (χ0v) is 8.26. The van der Waals surface area contributed by atoms with Gasteiger partial charge in [0.2, 0.25) is 0 Å². The molecule has 4 heteroatoms. The SMILES string of the molecule is CC(=O)Oc1c[nH]c2ccc(Cl)cc12. The second-order valence-electron chi connectivity index (χ2n) is 2.94. The third kappa shape index (κ3) is 1.59. The molecule has 0 aliphatic heterocycles. The number of benzene rings is 1. The van der Waals surface area contributed by atoms with Crippen molar-refractivity contribution in [1.82, 2.24) is 4.98 Å². The predicted octanol–water partition coefficient (Wildman–Crippen LogP) is 2.75. The molecule has 0 fully saturated rings. The molecule has 0 aliphatic carbocycles. The Labute approximate surface area is 85.6 Å². The van der Waals surface area contributed by atoms with Crippen LogP contribution in [0.25, 0.3) is 10.9 Å². The van der Waals surface area contributed by atoms with Crippen LogP contribution in [0.2, 0.25) is 5.02 Å². The fourth-order valence-electron chi connectivity index (χ4n) is 1.31. The number of hydrogen-bond acceptors (Lipinski definition) is 2. The van der Waals surface area contributed by atoms with E-state index in [9.17, 15) is 4.79 Å². The van der Waals surface area contributed by atoms with Crippen LogP contribution in [0.1, 0.15) is 6.92 Å². The van der Waals surface area contributed by atoms with Crippen molar-refractivity contribution in [3.63, 3.8) is 0 Å². The van der Waals surface area contributed by atoms with Crippen LogP contribution in [0.5, 0.6) is 5.75 Å². The second-order valence-corrected chi connectivity index (χ2v) is 3.37. The van der Waals surface area contributed by atoms with Crippen molar-refractivity contribution in [1.29, 1.82) is 0 Å². The highest BCUT2D eigenvalue weighted by Crippen LogP contribution is 2.27. The van der Waals surface area contributed by atoms with E-state index in [1.165, 1.54) is 6.92 Å². The van der Waals surface area contributed by atoms with Gasteiger partial charge in [-0.15, -0.1) is 0 Å². The summed E-state index contributed by atoms with van der Waals surface area (Å²) in [5.41, 5.74) is 0.894. The zero-order valence-electron chi connectivity index (χ0n) is 7.50. The van der Waals surface area contributed by atoms with Gasteiger partial charge in [0.15, 0.2) is 5.75 Å². The normalized spacial score (nSPS) is 10.4. The topological polar surface area (TPSA) is 42.1 Å². The van der Waals surface area contributed by atoms with E-state index in [-0.39, 0.29) is 5.97 Å². The summed E-state index contributed by atoms with van der Waals surface area (Å²) in [5, 5.41) is 1.43. The maximum atomic E-state index is 10.8. The van der Waals surface area contributed by atoms with Gasteiger partial charge >= 0.3 is 5.97 Å². The smallest absolute Gasteiger partial charge is 0.308 e. The number of carbonyl (C=O) groups excluding carboxylic acids is 1. The Morgan fingerprint density at radius 2 is 2.29 bits per heavy atom. The van der Waals surface area contributed by atoms with Gasteiger partial charge in [-0.05, 0) is 18.2 Å². The van der Waals surface area contributed by atoms with Crippen molar-refractivity contribution < 1.29 is 9.53 Å². The molecule has 0 saturated carbocycles. The number of rotatable bonds is 1. The molecule has 0 spiro atoms. The summed E-state index contributed by atoms with van der Waals surface area (Å²) in [7, 11) is 0. The van der Waals surface area contributed by atoms with Crippen molar-refractivity contribution >= 4 is 28.5 Å². The number of aromatic amines is 1. The highest BCUT2D eigenvalue weighted by atomic mass is 35.5. The molecule has 72 valence electrons. The molecule has 2 aromatic rings. The van der Waals surface area contributed by atoms with Gasteiger partial charge in [-0.1, -0.05) is 11.6 Å². The average molecular weight is 210 g/mol. The Kier molecular flexibility index (Phi) is 2.17. The van der Waals surface area contributed by atoms with E-state index in [4.69, 9.17) is 16.3 Å². The summed E-state index contributed by atoms with van der Waals surface area (Å²) in [5.74, 6) is 0.167. The monoisotopic (exact) mass is 209 g/mol. The highest BCUT2D eigenvalue weighted by Gasteiger charge is 2.06. The molecule has 0 radical (unpaired) electrons. The van der Waals surface area contributed by atoms with Gasteiger partial charge in [0.25, 0.3) is 0 Å². The molecule has 1 heterocycles. The van der Waals surface area contributed by atoms with E-state index in [1.807, 2.05) is 6.07 Å². The molecule has 2 rings (SSSR count). The molecule has 0 atom stereocenters. The molecular formula is C10H8ClNO2. The standard InChI is InChI=1S/C10H8ClNO2/c1-6(13)14-10-5-12-9-3-2-7(11)4-8(9)10/h2-5,12H,1H3. The van der Waals surface area contributed by atoms with Gasteiger partial charge in [0.1, 0.15) is 0 Å². The van der Waals surface area contributed by atoms with Gasteiger partial charge in [-0.2, -0.15) is 0 Å². The first-order valence-corrected chi connectivity index (χ1v) is 4.49. The minimum absolute atomic E-state index is 0.342. The van der Waals surface area contributed by atoms with Crippen LogP contribution in [0, 0.1) is 0 Å². The van der Waals surface area contributed by atoms with Crippen LogP contribution in [-0.2, 0) is 4.79 Å². The van der Waals surface area contributed by atoms with Crippen LogP contribution in [0.4, 0.5) is 0 Å². The third-order valence-electron chi connectivity index (χ3n) is 1.86. The number of halogens is 1. The largest absolute Gasteiger partial charge is 0.424 e. The number of esters is 1. The number of aromatic nitrogens is 1. The summed E-state index contributed by atoms with van der Waals surface area (Å²) < 4.78 is 4.99. The lowest BCUT2D eigenvalue weighted by atomic mass is 10.2. The Morgan fingerprint density at radius 3 is 3.00 bits per heavy atom. The quantitative estimate of drug-likeness (QED) is 0.734. The molecule has 0 bridgehead atoms. The van der Waals surface area contributed by atoms with Gasteiger partial charge in [-0.3, -0.25) is 4.79 Å². The van der Waals surface area contributed by atoms with Crippen LogP contribution >= 0.6 is 11.6 Å². The first-order valence-electron chi connectivity index (χ1n) is 4.12. The van der Waals surface area contributed by atoms with Crippen LogP contribution < -0.4 is 4.74 Å². The molecule has 0 amide bonds. The number of ether oxygens (including phenoxy) is 1. The number of fused-ring (bicyclic) bond motifs is 1. The minimum Gasteiger partial charge on any atom is -0.424 e. The summed E-state index contributed by atoms with van der Waals surface area (Å²) in [6, 6.07) is 5.37. The summed E-state index contributed by atoms with van der Waals surface area (Å²) in [6.07, 6.45) is 1.64. The number of H-pyrrole nitrogens is 1.